The molecule has 7 heteroatoms. The largest absolute Gasteiger partial charge is 0.423 e. The first-order chi connectivity index (χ1) is 11.6. The highest BCUT2D eigenvalue weighted by atomic mass is 35.5. The molecule has 2 aromatic heterocycles. The van der Waals surface area contributed by atoms with Crippen molar-refractivity contribution >= 4 is 40.3 Å². The second-order valence-corrected chi connectivity index (χ2v) is 6.78. The molecule has 1 saturated heterocycles. The van der Waals surface area contributed by atoms with Gasteiger partial charge < -0.3 is 14.6 Å². The third-order valence-electron chi connectivity index (χ3n) is 4.19. The number of nitrogens with zero attached hydrogens (tertiary/aromatic N) is 3. The van der Waals surface area contributed by atoms with E-state index in [0.717, 1.165) is 30.7 Å². The van der Waals surface area contributed by atoms with Crippen molar-refractivity contribution in [2.45, 2.75) is 13.0 Å². The Morgan fingerprint density at radius 1 is 1.25 bits per heavy atom. The Morgan fingerprint density at radius 3 is 2.92 bits per heavy atom. The number of halogens is 2. The van der Waals surface area contributed by atoms with Crippen molar-refractivity contribution in [1.82, 2.24) is 15.3 Å². The third-order valence-corrected chi connectivity index (χ3v) is 4.64. The van der Waals surface area contributed by atoms with Gasteiger partial charge in [-0.25, -0.2) is 0 Å². The first kappa shape index (κ1) is 15.7. The molecule has 3 aromatic rings. The van der Waals surface area contributed by atoms with E-state index in [2.05, 4.69) is 27.1 Å². The van der Waals surface area contributed by atoms with E-state index in [9.17, 15) is 0 Å². The van der Waals surface area contributed by atoms with Crippen LogP contribution in [0, 0.1) is 0 Å². The number of hydrogen-bond acceptors (Lipinski definition) is 5. The van der Waals surface area contributed by atoms with Crippen molar-refractivity contribution in [3.63, 3.8) is 0 Å². The average molecular weight is 363 g/mol. The Labute approximate surface area is 149 Å². The fraction of sp³-hybridized carbons (Fsp3) is 0.294. The van der Waals surface area contributed by atoms with E-state index in [1.807, 2.05) is 12.1 Å². The number of pyridine rings is 1. The van der Waals surface area contributed by atoms with Gasteiger partial charge in [0.2, 0.25) is 0 Å². The summed E-state index contributed by atoms with van der Waals surface area (Å²) in [4.78, 5) is 11.2. The molecule has 0 bridgehead atoms. The Hall–Kier alpha value is -1.82. The van der Waals surface area contributed by atoms with E-state index < -0.39 is 0 Å². The molecule has 0 saturated carbocycles. The summed E-state index contributed by atoms with van der Waals surface area (Å²) in [5.74, 6) is 0. The van der Waals surface area contributed by atoms with Gasteiger partial charge in [-0.15, -0.1) is 0 Å². The van der Waals surface area contributed by atoms with Gasteiger partial charge >= 0.3 is 0 Å². The molecule has 3 heterocycles. The molecule has 5 nitrogen and oxygen atoms in total. The second kappa shape index (κ2) is 6.24. The quantitative estimate of drug-likeness (QED) is 0.746. The minimum absolute atomic E-state index is 0.315. The number of aromatic nitrogens is 2. The number of anilines is 1. The van der Waals surface area contributed by atoms with E-state index in [1.165, 1.54) is 0 Å². The lowest BCUT2D eigenvalue weighted by atomic mass is 10.1. The van der Waals surface area contributed by atoms with Crippen molar-refractivity contribution in [3.05, 3.63) is 40.5 Å². The summed E-state index contributed by atoms with van der Waals surface area (Å²) >= 11 is 12.4. The summed E-state index contributed by atoms with van der Waals surface area (Å²) in [6.45, 7) is 4.81. The Morgan fingerprint density at radius 2 is 2.12 bits per heavy atom. The predicted molar refractivity (Wildman–Crippen MR) is 96.9 cm³/mol. The molecule has 1 atom stereocenters. The molecule has 4 rings (SSSR count). The zero-order valence-electron chi connectivity index (χ0n) is 13.1. The molecule has 0 spiro atoms. The normalized spacial score (nSPS) is 18.3. The highest BCUT2D eigenvalue weighted by Gasteiger charge is 2.24. The van der Waals surface area contributed by atoms with Gasteiger partial charge in [-0.05, 0) is 31.2 Å². The van der Waals surface area contributed by atoms with Gasteiger partial charge in [0.25, 0.3) is 6.01 Å². The lowest BCUT2D eigenvalue weighted by Crippen LogP contribution is -2.50. The standard InChI is InChI=1S/C17H16Cl2N4O/c1-10-9-20-4-5-23(10)17-22-15-8-12(19)6-13(16(15)24-17)14-7-11(18)2-3-21-14/h2-3,6-8,10,20H,4-5,9H2,1H3/t10-/m0/s1. The van der Waals surface area contributed by atoms with Crippen LogP contribution in [0.5, 0.6) is 0 Å². The number of benzene rings is 1. The molecule has 1 aromatic carbocycles. The number of hydrogen-bond donors (Lipinski definition) is 1. The van der Waals surface area contributed by atoms with Crippen LogP contribution in [0.25, 0.3) is 22.4 Å². The van der Waals surface area contributed by atoms with Crippen LogP contribution in [0.15, 0.2) is 34.9 Å². The maximum atomic E-state index is 6.27. The van der Waals surface area contributed by atoms with E-state index in [1.54, 1.807) is 18.3 Å². The first-order valence-electron chi connectivity index (χ1n) is 7.81. The monoisotopic (exact) mass is 362 g/mol. The van der Waals surface area contributed by atoms with Gasteiger partial charge in [0, 0.05) is 47.5 Å². The molecule has 0 aliphatic carbocycles. The zero-order valence-corrected chi connectivity index (χ0v) is 14.6. The number of piperazine rings is 1. The number of nitrogens with one attached hydrogen (secondary N) is 1. The van der Waals surface area contributed by atoms with Crippen molar-refractivity contribution in [2.24, 2.45) is 0 Å². The molecule has 1 aliphatic heterocycles. The van der Waals surface area contributed by atoms with Gasteiger partial charge in [-0.2, -0.15) is 4.98 Å². The Bertz CT molecular complexity index is 895. The van der Waals surface area contributed by atoms with Gasteiger partial charge in [-0.3, -0.25) is 4.98 Å². The lowest BCUT2D eigenvalue weighted by Gasteiger charge is -2.32. The van der Waals surface area contributed by atoms with Crippen LogP contribution in [0.2, 0.25) is 10.0 Å². The summed E-state index contributed by atoms with van der Waals surface area (Å²) in [7, 11) is 0. The summed E-state index contributed by atoms with van der Waals surface area (Å²) in [6, 6.07) is 8.10. The maximum Gasteiger partial charge on any atom is 0.298 e. The van der Waals surface area contributed by atoms with Crippen LogP contribution >= 0.6 is 23.2 Å². The smallest absolute Gasteiger partial charge is 0.298 e. The molecule has 0 radical (unpaired) electrons. The van der Waals surface area contributed by atoms with Crippen LogP contribution in [0.3, 0.4) is 0 Å². The second-order valence-electron chi connectivity index (χ2n) is 5.90. The highest BCUT2D eigenvalue weighted by Crippen LogP contribution is 2.35. The molecular weight excluding hydrogens is 347 g/mol. The van der Waals surface area contributed by atoms with E-state index in [-0.39, 0.29) is 0 Å². The van der Waals surface area contributed by atoms with Gasteiger partial charge in [0.15, 0.2) is 5.58 Å². The van der Waals surface area contributed by atoms with Crippen LogP contribution < -0.4 is 10.2 Å². The minimum Gasteiger partial charge on any atom is -0.423 e. The van der Waals surface area contributed by atoms with Crippen molar-refractivity contribution in [2.75, 3.05) is 24.5 Å². The van der Waals surface area contributed by atoms with E-state index in [4.69, 9.17) is 27.6 Å². The average Bonchev–Trinajstić information content (AvgIpc) is 2.98. The maximum absolute atomic E-state index is 6.27. The minimum atomic E-state index is 0.315. The number of fused-ring (bicyclic) bond motifs is 1. The zero-order chi connectivity index (χ0) is 16.7. The van der Waals surface area contributed by atoms with Gasteiger partial charge in [-0.1, -0.05) is 23.2 Å². The fourth-order valence-corrected chi connectivity index (χ4v) is 3.35. The van der Waals surface area contributed by atoms with E-state index >= 15 is 0 Å². The summed E-state index contributed by atoms with van der Waals surface area (Å²) in [6.07, 6.45) is 1.67. The van der Waals surface area contributed by atoms with Crippen LogP contribution in [-0.2, 0) is 0 Å². The van der Waals surface area contributed by atoms with Gasteiger partial charge in [0.1, 0.15) is 5.52 Å². The van der Waals surface area contributed by atoms with Crippen molar-refractivity contribution < 1.29 is 4.42 Å². The lowest BCUT2D eigenvalue weighted by molar-refractivity contribution is 0.456. The highest BCUT2D eigenvalue weighted by molar-refractivity contribution is 6.32. The SMILES string of the molecule is C[C@H]1CNCCN1c1nc2cc(Cl)cc(-c3cc(Cl)ccn3)c2o1. The molecule has 0 unspecified atom stereocenters. The first-order valence-corrected chi connectivity index (χ1v) is 8.57. The van der Waals surface area contributed by atoms with Crippen LogP contribution in [0.1, 0.15) is 6.92 Å². The topological polar surface area (TPSA) is 54.2 Å². The molecular formula is C17H16Cl2N4O. The number of rotatable bonds is 2. The Kier molecular flexibility index (Phi) is 4.08. The van der Waals surface area contributed by atoms with Gasteiger partial charge in [0.05, 0.1) is 5.69 Å². The molecule has 24 heavy (non-hydrogen) atoms. The summed E-state index contributed by atoms with van der Waals surface area (Å²) in [5, 5.41) is 4.57. The third kappa shape index (κ3) is 2.83. The van der Waals surface area contributed by atoms with Crippen LogP contribution in [0.4, 0.5) is 6.01 Å². The summed E-state index contributed by atoms with van der Waals surface area (Å²) < 4.78 is 6.10. The molecule has 1 aliphatic rings. The van der Waals surface area contributed by atoms with Crippen LogP contribution in [-0.4, -0.2) is 35.6 Å². The fourth-order valence-electron chi connectivity index (χ4n) is 2.98. The molecule has 124 valence electrons. The predicted octanol–water partition coefficient (Wildman–Crippen LogP) is 3.99. The molecule has 0 amide bonds. The summed E-state index contributed by atoms with van der Waals surface area (Å²) in [5.41, 5.74) is 2.91. The van der Waals surface area contributed by atoms with E-state index in [0.29, 0.717) is 33.4 Å². The molecule has 1 fully saturated rings. The number of oxazole rings is 1. The van der Waals surface area contributed by atoms with Crippen molar-refractivity contribution in [3.8, 4) is 11.3 Å². The van der Waals surface area contributed by atoms with Crippen molar-refractivity contribution in [1.29, 1.82) is 0 Å². The molecule has 1 N–H and O–H groups in total. The Balaban J connectivity index is 1.85.